The number of thiocarbonyl (C=S) groups is 1. The molecule has 0 saturated carbocycles. The molecule has 0 radical (unpaired) electrons. The van der Waals surface area contributed by atoms with Crippen LogP contribution in [0.1, 0.15) is 0 Å². The second-order valence-corrected chi connectivity index (χ2v) is 6.42. The lowest BCUT2D eigenvalue weighted by Crippen LogP contribution is -2.43. The Morgan fingerprint density at radius 1 is 1.25 bits per heavy atom. The van der Waals surface area contributed by atoms with Crippen LogP contribution < -0.4 is 25.4 Å². The summed E-state index contributed by atoms with van der Waals surface area (Å²) in [5.41, 5.74) is 6.57. The molecule has 6 nitrogen and oxygen atoms in total. The highest BCUT2D eigenvalue weighted by molar-refractivity contribution is 9.10. The standard InChI is InChI=1S/C15H11BrClN3O3S/c16-10-3-1-8(5-11(10)17)19-15(24)20(14(18)21)9-2-4-12-13(6-9)23-7-22-12/h1-6H,7H2,(H2,18,21)(H,19,24). The van der Waals surface area contributed by atoms with E-state index in [1.807, 2.05) is 0 Å². The normalized spacial score (nSPS) is 11.9. The van der Waals surface area contributed by atoms with Gasteiger partial charge in [0.15, 0.2) is 16.6 Å². The van der Waals surface area contributed by atoms with E-state index in [1.54, 1.807) is 36.4 Å². The van der Waals surface area contributed by atoms with Crippen molar-refractivity contribution >= 4 is 62.3 Å². The Labute approximate surface area is 156 Å². The quantitative estimate of drug-likeness (QED) is 0.704. The monoisotopic (exact) mass is 427 g/mol. The van der Waals surface area contributed by atoms with Gasteiger partial charge in [-0.1, -0.05) is 11.6 Å². The Morgan fingerprint density at radius 2 is 2.00 bits per heavy atom. The van der Waals surface area contributed by atoms with Crippen molar-refractivity contribution in [2.24, 2.45) is 5.73 Å². The van der Waals surface area contributed by atoms with E-state index in [0.717, 1.165) is 9.37 Å². The fourth-order valence-electron chi connectivity index (χ4n) is 2.12. The maximum Gasteiger partial charge on any atom is 0.325 e. The number of nitrogens with two attached hydrogens (primary N) is 1. The van der Waals surface area contributed by atoms with Gasteiger partial charge in [-0.25, -0.2) is 9.69 Å². The number of nitrogens with one attached hydrogen (secondary N) is 1. The average Bonchev–Trinajstić information content (AvgIpc) is 2.98. The molecule has 1 heterocycles. The van der Waals surface area contributed by atoms with Crippen LogP contribution in [0.25, 0.3) is 0 Å². The van der Waals surface area contributed by atoms with Gasteiger partial charge >= 0.3 is 6.03 Å². The van der Waals surface area contributed by atoms with Crippen LogP contribution in [-0.2, 0) is 0 Å². The lowest BCUT2D eigenvalue weighted by Gasteiger charge is -2.22. The Bertz CT molecular complexity index is 834. The number of nitrogens with zero attached hydrogens (tertiary/aromatic N) is 1. The molecule has 1 aliphatic rings. The number of anilines is 2. The van der Waals surface area contributed by atoms with E-state index in [0.29, 0.717) is 27.9 Å². The molecule has 0 unspecified atom stereocenters. The zero-order valence-corrected chi connectivity index (χ0v) is 15.2. The van der Waals surface area contributed by atoms with Crippen molar-refractivity contribution in [1.29, 1.82) is 0 Å². The van der Waals surface area contributed by atoms with Crippen LogP contribution in [0.15, 0.2) is 40.9 Å². The molecule has 0 aromatic heterocycles. The highest BCUT2D eigenvalue weighted by Crippen LogP contribution is 2.35. The zero-order valence-electron chi connectivity index (χ0n) is 12.1. The Kier molecular flexibility index (Phi) is 4.79. The second kappa shape index (κ2) is 6.84. The molecule has 2 aromatic rings. The Morgan fingerprint density at radius 3 is 2.71 bits per heavy atom. The first-order chi connectivity index (χ1) is 11.5. The second-order valence-electron chi connectivity index (χ2n) is 4.77. The Hall–Kier alpha value is -2.03. The average molecular weight is 429 g/mol. The van der Waals surface area contributed by atoms with Gasteiger partial charge in [0.1, 0.15) is 0 Å². The van der Waals surface area contributed by atoms with E-state index < -0.39 is 6.03 Å². The molecule has 0 fully saturated rings. The SMILES string of the molecule is NC(=O)N(C(=S)Nc1ccc(Br)c(Cl)c1)c1ccc2c(c1)OCO2. The van der Waals surface area contributed by atoms with Crippen molar-refractivity contribution in [3.05, 3.63) is 45.9 Å². The largest absolute Gasteiger partial charge is 0.454 e. The van der Waals surface area contributed by atoms with E-state index in [9.17, 15) is 4.79 Å². The predicted molar refractivity (Wildman–Crippen MR) is 100 cm³/mol. The molecule has 3 rings (SSSR count). The smallest absolute Gasteiger partial charge is 0.325 e. The summed E-state index contributed by atoms with van der Waals surface area (Å²) in [6.45, 7) is 0.134. The Balaban J connectivity index is 1.86. The van der Waals surface area contributed by atoms with Crippen molar-refractivity contribution in [3.63, 3.8) is 0 Å². The van der Waals surface area contributed by atoms with Crippen LogP contribution in [0.2, 0.25) is 5.02 Å². The summed E-state index contributed by atoms with van der Waals surface area (Å²) in [5.74, 6) is 1.12. The minimum atomic E-state index is -0.727. The molecular formula is C15H11BrClN3O3S. The van der Waals surface area contributed by atoms with Gasteiger partial charge in [0.2, 0.25) is 6.79 Å². The fraction of sp³-hybridized carbons (Fsp3) is 0.0667. The maximum atomic E-state index is 11.9. The van der Waals surface area contributed by atoms with Crippen LogP contribution in [-0.4, -0.2) is 17.9 Å². The summed E-state index contributed by atoms with van der Waals surface area (Å²) in [5, 5.41) is 3.56. The third-order valence-corrected chi connectivity index (χ3v) is 4.73. The van der Waals surface area contributed by atoms with Crippen molar-refractivity contribution in [2.75, 3.05) is 17.0 Å². The summed E-state index contributed by atoms with van der Waals surface area (Å²) in [7, 11) is 0. The first-order valence-electron chi connectivity index (χ1n) is 6.71. The first-order valence-corrected chi connectivity index (χ1v) is 8.29. The van der Waals surface area contributed by atoms with Crippen LogP contribution in [0.4, 0.5) is 16.2 Å². The minimum Gasteiger partial charge on any atom is -0.454 e. The van der Waals surface area contributed by atoms with Crippen molar-refractivity contribution < 1.29 is 14.3 Å². The molecular weight excluding hydrogens is 418 g/mol. The maximum absolute atomic E-state index is 11.9. The van der Waals surface area contributed by atoms with E-state index in [-0.39, 0.29) is 11.9 Å². The number of fused-ring (bicyclic) bond motifs is 1. The van der Waals surface area contributed by atoms with Gasteiger partial charge in [0.05, 0.1) is 10.7 Å². The van der Waals surface area contributed by atoms with E-state index >= 15 is 0 Å². The van der Waals surface area contributed by atoms with Gasteiger partial charge in [-0.05, 0) is 58.5 Å². The van der Waals surface area contributed by atoms with Crippen molar-refractivity contribution in [3.8, 4) is 11.5 Å². The fourth-order valence-corrected chi connectivity index (χ4v) is 2.86. The first kappa shape index (κ1) is 16.8. The highest BCUT2D eigenvalue weighted by Gasteiger charge is 2.22. The number of carbonyl (C=O) groups is 1. The number of urea groups is 1. The third kappa shape index (κ3) is 3.40. The number of hydrogen-bond acceptors (Lipinski definition) is 4. The summed E-state index contributed by atoms with van der Waals surface area (Å²) in [6, 6.07) is 9.47. The van der Waals surface area contributed by atoms with Gasteiger partial charge in [0, 0.05) is 16.2 Å². The van der Waals surface area contributed by atoms with Gasteiger partial charge in [-0.3, -0.25) is 0 Å². The van der Waals surface area contributed by atoms with Gasteiger partial charge in [0.25, 0.3) is 0 Å². The van der Waals surface area contributed by atoms with E-state index in [2.05, 4.69) is 21.2 Å². The highest BCUT2D eigenvalue weighted by atomic mass is 79.9. The number of rotatable bonds is 2. The molecule has 124 valence electrons. The lowest BCUT2D eigenvalue weighted by atomic mass is 10.2. The molecule has 2 aromatic carbocycles. The molecule has 0 bridgehead atoms. The van der Waals surface area contributed by atoms with Crippen LogP contribution >= 0.6 is 39.7 Å². The minimum absolute atomic E-state index is 0.111. The lowest BCUT2D eigenvalue weighted by molar-refractivity contribution is 0.174. The summed E-state index contributed by atoms with van der Waals surface area (Å²) >= 11 is 14.7. The third-order valence-electron chi connectivity index (χ3n) is 3.21. The number of halogens is 2. The van der Waals surface area contributed by atoms with Gasteiger partial charge in [-0.15, -0.1) is 0 Å². The molecule has 0 saturated heterocycles. The summed E-state index contributed by atoms with van der Waals surface area (Å²) in [6.07, 6.45) is 0. The summed E-state index contributed by atoms with van der Waals surface area (Å²) in [4.78, 5) is 13.0. The molecule has 0 aliphatic carbocycles. The topological polar surface area (TPSA) is 76.8 Å². The number of ether oxygens (including phenoxy) is 2. The molecule has 1 aliphatic heterocycles. The number of primary amides is 1. The van der Waals surface area contributed by atoms with Gasteiger partial charge < -0.3 is 20.5 Å². The molecule has 2 amide bonds. The van der Waals surface area contributed by atoms with Crippen LogP contribution in [0.5, 0.6) is 11.5 Å². The number of carbonyl (C=O) groups excluding carboxylic acids is 1. The molecule has 9 heteroatoms. The zero-order chi connectivity index (χ0) is 17.3. The number of amides is 2. The van der Waals surface area contributed by atoms with Gasteiger partial charge in [-0.2, -0.15) is 0 Å². The molecule has 24 heavy (non-hydrogen) atoms. The molecule has 0 spiro atoms. The molecule has 0 atom stereocenters. The number of benzene rings is 2. The van der Waals surface area contributed by atoms with Crippen molar-refractivity contribution in [1.82, 2.24) is 0 Å². The summed E-state index contributed by atoms with van der Waals surface area (Å²) < 4.78 is 11.3. The van der Waals surface area contributed by atoms with E-state index in [1.165, 1.54) is 0 Å². The van der Waals surface area contributed by atoms with Crippen LogP contribution in [0, 0.1) is 0 Å². The number of hydrogen-bond donors (Lipinski definition) is 2. The predicted octanol–water partition coefficient (Wildman–Crippen LogP) is 4.11. The van der Waals surface area contributed by atoms with E-state index in [4.69, 9.17) is 39.0 Å². The van der Waals surface area contributed by atoms with Crippen LogP contribution in [0.3, 0.4) is 0 Å². The molecule has 3 N–H and O–H groups in total. The van der Waals surface area contributed by atoms with Crippen molar-refractivity contribution in [2.45, 2.75) is 0 Å².